The van der Waals surface area contributed by atoms with Gasteiger partial charge in [-0.15, -0.1) is 0 Å². The highest BCUT2D eigenvalue weighted by molar-refractivity contribution is 7.90. The van der Waals surface area contributed by atoms with Crippen molar-refractivity contribution in [3.8, 4) is 0 Å². The lowest BCUT2D eigenvalue weighted by Crippen LogP contribution is -2.42. The van der Waals surface area contributed by atoms with Crippen LogP contribution in [0.5, 0.6) is 0 Å². The fourth-order valence-electron chi connectivity index (χ4n) is 3.22. The Kier molecular flexibility index (Phi) is 9.02. The van der Waals surface area contributed by atoms with Gasteiger partial charge in [-0.3, -0.25) is 0 Å². The van der Waals surface area contributed by atoms with E-state index < -0.39 is 9.84 Å². The molecule has 1 fully saturated rings. The summed E-state index contributed by atoms with van der Waals surface area (Å²) in [5, 5.41) is 6.53. The number of guanidine groups is 1. The maximum Gasteiger partial charge on any atom is 0.191 e. The van der Waals surface area contributed by atoms with Gasteiger partial charge in [0.25, 0.3) is 0 Å². The Balaban J connectivity index is 1.98. The van der Waals surface area contributed by atoms with Crippen LogP contribution in [-0.2, 0) is 16.4 Å². The largest absolute Gasteiger partial charge is 0.357 e. The van der Waals surface area contributed by atoms with E-state index in [1.165, 1.54) is 31.9 Å². The number of hydrogen-bond acceptors (Lipinski definition) is 5. The molecule has 1 saturated heterocycles. The second kappa shape index (κ2) is 11.2. The van der Waals surface area contributed by atoms with Crippen molar-refractivity contribution in [1.29, 1.82) is 0 Å². The number of nitrogens with one attached hydrogen (secondary N) is 2. The highest BCUT2D eigenvalue weighted by Crippen LogP contribution is 2.18. The van der Waals surface area contributed by atoms with Gasteiger partial charge >= 0.3 is 0 Å². The van der Waals surface area contributed by atoms with Crippen LogP contribution in [0.2, 0.25) is 0 Å². The van der Waals surface area contributed by atoms with Crippen molar-refractivity contribution in [3.05, 3.63) is 23.9 Å². The molecule has 2 rings (SSSR count). The average molecular weight is 410 g/mol. The Morgan fingerprint density at radius 3 is 2.64 bits per heavy atom. The summed E-state index contributed by atoms with van der Waals surface area (Å²) in [6, 6.07) is 4.16. The molecular formula is C20H35N5O2S. The molecule has 1 aliphatic heterocycles. The predicted octanol–water partition coefficient (Wildman–Crippen LogP) is 2.34. The number of pyridine rings is 1. The Bertz CT molecular complexity index is 728. The lowest BCUT2D eigenvalue weighted by molar-refractivity contribution is 0.581. The molecule has 0 aromatic carbocycles. The van der Waals surface area contributed by atoms with Crippen molar-refractivity contribution in [2.24, 2.45) is 4.99 Å². The van der Waals surface area contributed by atoms with E-state index in [2.05, 4.69) is 31.6 Å². The molecular weight excluding hydrogens is 374 g/mol. The predicted molar refractivity (Wildman–Crippen MR) is 117 cm³/mol. The summed E-state index contributed by atoms with van der Waals surface area (Å²) in [4.78, 5) is 11.6. The van der Waals surface area contributed by atoms with Crippen LogP contribution in [0.15, 0.2) is 23.3 Å². The molecule has 1 aromatic rings. The van der Waals surface area contributed by atoms with Crippen LogP contribution in [-0.4, -0.2) is 57.0 Å². The number of sulfone groups is 1. The van der Waals surface area contributed by atoms with Gasteiger partial charge in [-0.1, -0.05) is 12.8 Å². The second-order valence-electron chi connectivity index (χ2n) is 7.58. The number of hydrogen-bond donors (Lipinski definition) is 2. The van der Waals surface area contributed by atoms with Crippen molar-refractivity contribution < 1.29 is 8.42 Å². The van der Waals surface area contributed by atoms with Gasteiger partial charge in [-0.2, -0.15) is 0 Å². The SMILES string of the molecule is CCNC(=NCc1ccnc(N2CCCCCC2)c1)NC(C)CCS(C)(=O)=O. The third-order valence-electron chi connectivity index (χ3n) is 4.81. The van der Waals surface area contributed by atoms with E-state index in [0.29, 0.717) is 18.9 Å². The van der Waals surface area contributed by atoms with Gasteiger partial charge in [-0.05, 0) is 50.8 Å². The molecule has 1 aromatic heterocycles. The van der Waals surface area contributed by atoms with Gasteiger partial charge in [0.15, 0.2) is 5.96 Å². The summed E-state index contributed by atoms with van der Waals surface area (Å²) in [5.74, 6) is 1.91. The van der Waals surface area contributed by atoms with Crippen LogP contribution >= 0.6 is 0 Å². The molecule has 7 nitrogen and oxygen atoms in total. The minimum absolute atomic E-state index is 0.0256. The summed E-state index contributed by atoms with van der Waals surface area (Å²) in [6.45, 7) is 7.44. The number of aliphatic imine (C=N–C) groups is 1. The Labute approximate surface area is 169 Å². The van der Waals surface area contributed by atoms with Crippen molar-refractivity contribution >= 4 is 21.6 Å². The molecule has 8 heteroatoms. The number of aromatic nitrogens is 1. The van der Waals surface area contributed by atoms with Gasteiger partial charge in [0.05, 0.1) is 12.3 Å². The summed E-state index contributed by atoms with van der Waals surface area (Å²) >= 11 is 0. The maximum absolute atomic E-state index is 11.4. The molecule has 2 N–H and O–H groups in total. The van der Waals surface area contributed by atoms with Crippen molar-refractivity contribution in [2.45, 2.75) is 58.5 Å². The standard InChI is InChI=1S/C20H35N5O2S/c1-4-21-20(24-17(2)10-14-28(3,26)27)23-16-18-9-11-22-19(15-18)25-12-7-5-6-8-13-25/h9,11,15,17H,4-8,10,12-14,16H2,1-3H3,(H2,21,23,24). The van der Waals surface area contributed by atoms with E-state index in [-0.39, 0.29) is 11.8 Å². The first-order valence-corrected chi connectivity index (χ1v) is 12.4. The number of nitrogens with zero attached hydrogens (tertiary/aromatic N) is 3. The second-order valence-corrected chi connectivity index (χ2v) is 9.84. The van der Waals surface area contributed by atoms with Crippen LogP contribution in [0.1, 0.15) is 51.5 Å². The first-order valence-electron chi connectivity index (χ1n) is 10.3. The Morgan fingerprint density at radius 1 is 1.29 bits per heavy atom. The molecule has 2 heterocycles. The van der Waals surface area contributed by atoms with Crippen molar-refractivity contribution in [2.75, 3.05) is 36.5 Å². The molecule has 0 bridgehead atoms. The first kappa shape index (κ1) is 22.5. The van der Waals surface area contributed by atoms with E-state index in [0.717, 1.165) is 31.0 Å². The zero-order valence-corrected chi connectivity index (χ0v) is 18.3. The molecule has 0 saturated carbocycles. The summed E-state index contributed by atoms with van der Waals surface area (Å²) in [5.41, 5.74) is 1.12. The lowest BCUT2D eigenvalue weighted by Gasteiger charge is -2.21. The normalized spacial score (nSPS) is 17.1. The van der Waals surface area contributed by atoms with E-state index >= 15 is 0 Å². The van der Waals surface area contributed by atoms with Crippen molar-refractivity contribution in [3.63, 3.8) is 0 Å². The molecule has 0 amide bonds. The minimum Gasteiger partial charge on any atom is -0.357 e. The zero-order valence-electron chi connectivity index (χ0n) is 17.4. The summed E-state index contributed by atoms with van der Waals surface area (Å²) in [7, 11) is -2.95. The maximum atomic E-state index is 11.4. The highest BCUT2D eigenvalue weighted by atomic mass is 32.2. The van der Waals surface area contributed by atoms with E-state index in [1.54, 1.807) is 0 Å². The highest BCUT2D eigenvalue weighted by Gasteiger charge is 2.12. The van der Waals surface area contributed by atoms with Crippen molar-refractivity contribution in [1.82, 2.24) is 15.6 Å². The van der Waals surface area contributed by atoms with E-state index in [1.807, 2.05) is 26.1 Å². The van der Waals surface area contributed by atoms with Gasteiger partial charge in [0, 0.05) is 38.1 Å². The molecule has 0 aliphatic carbocycles. The fraction of sp³-hybridized carbons (Fsp3) is 0.700. The topological polar surface area (TPSA) is 86.7 Å². The summed E-state index contributed by atoms with van der Waals surface area (Å²) < 4.78 is 22.7. The van der Waals surface area contributed by atoms with Crippen LogP contribution in [0, 0.1) is 0 Å². The molecule has 0 spiro atoms. The monoisotopic (exact) mass is 409 g/mol. The molecule has 1 atom stereocenters. The summed E-state index contributed by atoms with van der Waals surface area (Å²) in [6.07, 6.45) is 8.74. The van der Waals surface area contributed by atoms with Crippen LogP contribution in [0.25, 0.3) is 0 Å². The Morgan fingerprint density at radius 2 is 2.00 bits per heavy atom. The minimum atomic E-state index is -2.95. The smallest absolute Gasteiger partial charge is 0.191 e. The molecule has 1 aliphatic rings. The molecule has 0 radical (unpaired) electrons. The zero-order chi connectivity index (χ0) is 20.4. The van der Waals surface area contributed by atoms with E-state index in [9.17, 15) is 8.42 Å². The van der Waals surface area contributed by atoms with E-state index in [4.69, 9.17) is 0 Å². The van der Waals surface area contributed by atoms with Crippen LogP contribution in [0.4, 0.5) is 5.82 Å². The quantitative estimate of drug-likeness (QED) is 0.506. The molecule has 158 valence electrons. The Hall–Kier alpha value is -1.83. The number of rotatable bonds is 8. The average Bonchev–Trinajstić information content (AvgIpc) is 2.94. The van der Waals surface area contributed by atoms with Gasteiger partial charge < -0.3 is 15.5 Å². The molecule has 1 unspecified atom stereocenters. The van der Waals surface area contributed by atoms with Gasteiger partial charge in [-0.25, -0.2) is 18.4 Å². The van der Waals surface area contributed by atoms with Crippen LogP contribution < -0.4 is 15.5 Å². The van der Waals surface area contributed by atoms with Crippen LogP contribution in [0.3, 0.4) is 0 Å². The molecule has 28 heavy (non-hydrogen) atoms. The third-order valence-corrected chi connectivity index (χ3v) is 5.79. The lowest BCUT2D eigenvalue weighted by atomic mass is 10.2. The fourth-order valence-corrected chi connectivity index (χ4v) is 4.00. The first-order chi connectivity index (χ1) is 13.4. The number of anilines is 1. The van der Waals surface area contributed by atoms with Gasteiger partial charge in [0.1, 0.15) is 15.7 Å². The third kappa shape index (κ3) is 8.46. The van der Waals surface area contributed by atoms with Gasteiger partial charge in [0.2, 0.25) is 0 Å².